The second kappa shape index (κ2) is 9.07. The minimum atomic E-state index is -1.19. The van der Waals surface area contributed by atoms with Gasteiger partial charge in [-0.3, -0.25) is 19.7 Å². The summed E-state index contributed by atoms with van der Waals surface area (Å²) in [6.45, 7) is -1.04. The molecule has 146 valence electrons. The van der Waals surface area contributed by atoms with Crippen LogP contribution in [0.4, 0.5) is 22.7 Å². The highest BCUT2D eigenvalue weighted by Gasteiger charge is 2.18. The number of nitrogens with zero attached hydrogens (tertiary/aromatic N) is 4. The maximum atomic E-state index is 11.0. The molecule has 0 aliphatic carbocycles. The summed E-state index contributed by atoms with van der Waals surface area (Å²) in [5.41, 5.74) is 0.972. The summed E-state index contributed by atoms with van der Waals surface area (Å²) in [5.74, 6) is -2.15. The van der Waals surface area contributed by atoms with Crippen LogP contribution >= 0.6 is 0 Å². The Morgan fingerprint density at radius 3 is 2.07 bits per heavy atom. The third kappa shape index (κ3) is 5.49. The molecular weight excluding hydrogens is 372 g/mol. The number of ether oxygens (including phenoxy) is 1. The number of carboxylic acid groups (broad SMARTS) is 2. The smallest absolute Gasteiger partial charge is 0.323 e. The molecule has 0 spiro atoms. The molecule has 0 heterocycles. The average Bonchev–Trinajstić information content (AvgIpc) is 2.65. The first-order valence-corrected chi connectivity index (χ1v) is 7.83. The summed E-state index contributed by atoms with van der Waals surface area (Å²) in [6, 6.07) is 9.95. The average molecular weight is 388 g/mol. The van der Waals surface area contributed by atoms with Crippen LogP contribution in [0.2, 0.25) is 0 Å². The van der Waals surface area contributed by atoms with Crippen molar-refractivity contribution in [2.24, 2.45) is 10.2 Å². The van der Waals surface area contributed by atoms with E-state index in [9.17, 15) is 19.7 Å². The molecule has 2 N–H and O–H groups in total. The second-order valence-corrected chi connectivity index (χ2v) is 5.47. The van der Waals surface area contributed by atoms with Crippen molar-refractivity contribution < 1.29 is 29.5 Å². The largest absolute Gasteiger partial charge is 0.495 e. The standard InChI is InChI=1S/C17H16N4O7/c1-28-15-8-12(19-18-11-2-5-13(6-3-11)21(26)27)4-7-14(15)20(9-16(22)23)10-17(24)25/h2-8H,9-10H2,1H3,(H,22,23)(H,24,25). The number of carboxylic acids is 2. The van der Waals surface area contributed by atoms with E-state index < -0.39 is 30.0 Å². The highest BCUT2D eigenvalue weighted by atomic mass is 16.6. The van der Waals surface area contributed by atoms with E-state index in [2.05, 4.69) is 10.2 Å². The van der Waals surface area contributed by atoms with Crippen LogP contribution in [0.3, 0.4) is 0 Å². The van der Waals surface area contributed by atoms with Crippen LogP contribution in [0.15, 0.2) is 52.7 Å². The summed E-state index contributed by atoms with van der Waals surface area (Å²) < 4.78 is 5.22. The fourth-order valence-electron chi connectivity index (χ4n) is 2.30. The van der Waals surface area contributed by atoms with Gasteiger partial charge in [-0.15, -0.1) is 0 Å². The lowest BCUT2D eigenvalue weighted by molar-refractivity contribution is -0.384. The van der Waals surface area contributed by atoms with E-state index in [0.717, 1.165) is 4.90 Å². The lowest BCUT2D eigenvalue weighted by Crippen LogP contribution is -2.34. The Balaban J connectivity index is 2.26. The first-order valence-electron chi connectivity index (χ1n) is 7.83. The zero-order valence-electron chi connectivity index (χ0n) is 14.7. The number of hydrogen-bond acceptors (Lipinski definition) is 8. The van der Waals surface area contributed by atoms with E-state index in [1.807, 2.05) is 0 Å². The van der Waals surface area contributed by atoms with Crippen LogP contribution < -0.4 is 9.64 Å². The molecule has 11 heteroatoms. The Bertz CT molecular complexity index is 896. The molecule has 2 aromatic carbocycles. The molecule has 0 unspecified atom stereocenters. The van der Waals surface area contributed by atoms with E-state index in [4.69, 9.17) is 14.9 Å². The fraction of sp³-hybridized carbons (Fsp3) is 0.176. The van der Waals surface area contributed by atoms with Gasteiger partial charge in [0.15, 0.2) is 0 Å². The van der Waals surface area contributed by atoms with Gasteiger partial charge in [0.05, 0.1) is 29.1 Å². The van der Waals surface area contributed by atoms with Crippen molar-refractivity contribution in [3.05, 3.63) is 52.6 Å². The van der Waals surface area contributed by atoms with Crippen molar-refractivity contribution in [3.8, 4) is 5.75 Å². The third-order valence-corrected chi connectivity index (χ3v) is 3.50. The highest BCUT2D eigenvalue weighted by molar-refractivity contribution is 5.81. The Kier molecular flexibility index (Phi) is 6.58. The topological polar surface area (TPSA) is 155 Å². The Labute approximate surface area is 158 Å². The van der Waals surface area contributed by atoms with Crippen LogP contribution in [0.5, 0.6) is 5.75 Å². The maximum Gasteiger partial charge on any atom is 0.323 e. The van der Waals surface area contributed by atoms with Gasteiger partial charge in [0.1, 0.15) is 18.8 Å². The second-order valence-electron chi connectivity index (χ2n) is 5.47. The molecule has 0 radical (unpaired) electrons. The number of rotatable bonds is 9. The van der Waals surface area contributed by atoms with E-state index in [1.54, 1.807) is 0 Å². The van der Waals surface area contributed by atoms with Crippen LogP contribution in [0, 0.1) is 10.1 Å². The molecule has 0 fully saturated rings. The quantitative estimate of drug-likeness (QED) is 0.377. The molecule has 0 aliphatic heterocycles. The van der Waals surface area contributed by atoms with Crippen molar-refractivity contribution >= 4 is 34.7 Å². The van der Waals surface area contributed by atoms with Crippen molar-refractivity contribution in [2.45, 2.75) is 0 Å². The molecule has 2 rings (SSSR count). The van der Waals surface area contributed by atoms with Gasteiger partial charge in [0.25, 0.3) is 5.69 Å². The highest BCUT2D eigenvalue weighted by Crippen LogP contribution is 2.33. The molecular formula is C17H16N4O7. The summed E-state index contributed by atoms with van der Waals surface area (Å²) >= 11 is 0. The SMILES string of the molecule is COc1cc(N=Nc2ccc([N+](=O)[O-])cc2)ccc1N(CC(=O)O)CC(=O)O. The minimum absolute atomic E-state index is 0.0677. The van der Waals surface area contributed by atoms with Crippen molar-refractivity contribution in [1.82, 2.24) is 0 Å². The summed E-state index contributed by atoms with van der Waals surface area (Å²) in [7, 11) is 1.36. The monoisotopic (exact) mass is 388 g/mol. The van der Waals surface area contributed by atoms with Gasteiger partial charge in [-0.2, -0.15) is 10.2 Å². The molecule has 0 aromatic heterocycles. The number of methoxy groups -OCH3 is 1. The van der Waals surface area contributed by atoms with Gasteiger partial charge < -0.3 is 19.8 Å². The molecule has 0 atom stereocenters. The van der Waals surface area contributed by atoms with Crippen LogP contribution in [0.1, 0.15) is 0 Å². The van der Waals surface area contributed by atoms with E-state index in [-0.39, 0.29) is 17.1 Å². The normalized spacial score (nSPS) is 10.6. The number of benzene rings is 2. The lowest BCUT2D eigenvalue weighted by atomic mass is 10.2. The van der Waals surface area contributed by atoms with Crippen LogP contribution in [0.25, 0.3) is 0 Å². The van der Waals surface area contributed by atoms with Gasteiger partial charge >= 0.3 is 11.9 Å². The van der Waals surface area contributed by atoms with Gasteiger partial charge in [0, 0.05) is 18.2 Å². The van der Waals surface area contributed by atoms with Crippen molar-refractivity contribution in [2.75, 3.05) is 25.1 Å². The third-order valence-electron chi connectivity index (χ3n) is 3.50. The van der Waals surface area contributed by atoms with Crippen molar-refractivity contribution in [1.29, 1.82) is 0 Å². The van der Waals surface area contributed by atoms with E-state index in [0.29, 0.717) is 11.4 Å². The summed E-state index contributed by atoms with van der Waals surface area (Å²) in [5, 5.41) is 36.6. The number of nitro groups is 1. The van der Waals surface area contributed by atoms with Gasteiger partial charge in [-0.25, -0.2) is 0 Å². The molecule has 0 saturated heterocycles. The van der Waals surface area contributed by atoms with Crippen molar-refractivity contribution in [3.63, 3.8) is 0 Å². The number of aliphatic carboxylic acids is 2. The molecule has 0 amide bonds. The predicted octanol–water partition coefficient (Wildman–Crippen LogP) is 2.99. The Morgan fingerprint density at radius 2 is 1.57 bits per heavy atom. The van der Waals surface area contributed by atoms with Gasteiger partial charge in [-0.1, -0.05) is 0 Å². The fourth-order valence-corrected chi connectivity index (χ4v) is 2.30. The first kappa shape index (κ1) is 20.3. The van der Waals surface area contributed by atoms with E-state index >= 15 is 0 Å². The number of non-ortho nitro benzene ring substituents is 1. The predicted molar refractivity (Wildman–Crippen MR) is 97.8 cm³/mol. The summed E-state index contributed by atoms with van der Waals surface area (Å²) in [6.07, 6.45) is 0. The zero-order chi connectivity index (χ0) is 20.7. The number of azo groups is 1. The number of anilines is 1. The zero-order valence-corrected chi connectivity index (χ0v) is 14.7. The van der Waals surface area contributed by atoms with Crippen LogP contribution in [-0.2, 0) is 9.59 Å². The Hall–Kier alpha value is -4.02. The first-order chi connectivity index (χ1) is 13.3. The minimum Gasteiger partial charge on any atom is -0.495 e. The maximum absolute atomic E-state index is 11.0. The lowest BCUT2D eigenvalue weighted by Gasteiger charge is -2.22. The summed E-state index contributed by atoms with van der Waals surface area (Å²) in [4.78, 5) is 33.3. The molecule has 0 aliphatic rings. The number of carbonyl (C=O) groups is 2. The molecule has 11 nitrogen and oxygen atoms in total. The molecule has 0 saturated carbocycles. The van der Waals surface area contributed by atoms with E-state index in [1.165, 1.54) is 49.6 Å². The van der Waals surface area contributed by atoms with Crippen LogP contribution in [-0.4, -0.2) is 47.3 Å². The molecule has 0 bridgehead atoms. The number of nitro benzene ring substituents is 1. The molecule has 2 aromatic rings. The number of hydrogen-bond donors (Lipinski definition) is 2. The Morgan fingerprint density at radius 1 is 1.04 bits per heavy atom. The van der Waals surface area contributed by atoms with Gasteiger partial charge in [-0.05, 0) is 24.3 Å². The van der Waals surface area contributed by atoms with Gasteiger partial charge in [0.2, 0.25) is 0 Å². The molecule has 28 heavy (non-hydrogen) atoms.